The molecule has 2 N–H and O–H groups in total. The maximum atomic E-state index is 13.8. The van der Waals surface area contributed by atoms with Crippen molar-refractivity contribution in [3.63, 3.8) is 0 Å². The molecule has 1 aliphatic carbocycles. The van der Waals surface area contributed by atoms with Gasteiger partial charge < -0.3 is 10.4 Å². The SMILES string of the molecule is Cc1csc(C(C)NC(=O)C(F)(F)C2(O)CCC2)n1. The third kappa shape index (κ3) is 2.49. The Morgan fingerprint density at radius 1 is 1.63 bits per heavy atom. The molecule has 19 heavy (non-hydrogen) atoms. The summed E-state index contributed by atoms with van der Waals surface area (Å²) in [5.74, 6) is -5.19. The monoisotopic (exact) mass is 290 g/mol. The van der Waals surface area contributed by atoms with Gasteiger partial charge in [0.15, 0.2) is 0 Å². The number of alkyl halides is 2. The molecular weight excluding hydrogens is 274 g/mol. The van der Waals surface area contributed by atoms with Gasteiger partial charge in [-0.25, -0.2) is 4.98 Å². The van der Waals surface area contributed by atoms with E-state index in [0.717, 1.165) is 5.69 Å². The Balaban J connectivity index is 2.04. The van der Waals surface area contributed by atoms with E-state index in [4.69, 9.17) is 0 Å². The maximum absolute atomic E-state index is 13.8. The molecule has 0 bridgehead atoms. The fourth-order valence-electron chi connectivity index (χ4n) is 1.96. The highest BCUT2D eigenvalue weighted by Crippen LogP contribution is 2.44. The zero-order valence-corrected chi connectivity index (χ0v) is 11.6. The molecule has 0 saturated heterocycles. The number of thiazole rings is 1. The van der Waals surface area contributed by atoms with Crippen molar-refractivity contribution in [1.82, 2.24) is 10.3 Å². The van der Waals surface area contributed by atoms with E-state index in [1.807, 2.05) is 0 Å². The van der Waals surface area contributed by atoms with Crippen molar-refractivity contribution in [2.24, 2.45) is 0 Å². The average Bonchev–Trinajstić information content (AvgIpc) is 2.72. The summed E-state index contributed by atoms with van der Waals surface area (Å²) in [4.78, 5) is 15.8. The lowest BCUT2D eigenvalue weighted by atomic mass is 9.75. The summed E-state index contributed by atoms with van der Waals surface area (Å²) < 4.78 is 27.7. The van der Waals surface area contributed by atoms with Gasteiger partial charge in [0.1, 0.15) is 10.6 Å². The Morgan fingerprint density at radius 2 is 2.26 bits per heavy atom. The summed E-state index contributed by atoms with van der Waals surface area (Å²) in [5, 5.41) is 14.3. The second kappa shape index (κ2) is 4.79. The highest BCUT2D eigenvalue weighted by Gasteiger charge is 2.61. The number of aromatic nitrogens is 1. The van der Waals surface area contributed by atoms with Crippen molar-refractivity contribution in [1.29, 1.82) is 0 Å². The average molecular weight is 290 g/mol. The van der Waals surface area contributed by atoms with E-state index in [1.54, 1.807) is 19.2 Å². The zero-order valence-electron chi connectivity index (χ0n) is 10.7. The topological polar surface area (TPSA) is 62.2 Å². The molecule has 1 aromatic rings. The normalized spacial score (nSPS) is 19.6. The second-order valence-electron chi connectivity index (χ2n) is 4.98. The molecule has 1 saturated carbocycles. The van der Waals surface area contributed by atoms with Gasteiger partial charge in [-0.3, -0.25) is 4.79 Å². The van der Waals surface area contributed by atoms with Gasteiger partial charge in [-0.15, -0.1) is 11.3 Å². The number of nitrogens with one attached hydrogen (secondary N) is 1. The van der Waals surface area contributed by atoms with Crippen LogP contribution in [0.3, 0.4) is 0 Å². The van der Waals surface area contributed by atoms with Crippen molar-refractivity contribution in [3.8, 4) is 0 Å². The molecule has 0 aliphatic heterocycles. The first-order valence-corrected chi connectivity index (χ1v) is 6.97. The van der Waals surface area contributed by atoms with Gasteiger partial charge in [0.05, 0.1) is 6.04 Å². The minimum atomic E-state index is -3.76. The van der Waals surface area contributed by atoms with Gasteiger partial charge in [0.25, 0.3) is 5.91 Å². The number of carbonyl (C=O) groups excluding carboxylic acids is 1. The minimum Gasteiger partial charge on any atom is -0.383 e. The molecular formula is C12H16F2N2O2S. The lowest BCUT2D eigenvalue weighted by Gasteiger charge is -2.41. The van der Waals surface area contributed by atoms with Crippen molar-refractivity contribution in [3.05, 3.63) is 16.1 Å². The van der Waals surface area contributed by atoms with Crippen LogP contribution in [0.25, 0.3) is 0 Å². The van der Waals surface area contributed by atoms with Crippen molar-refractivity contribution < 1.29 is 18.7 Å². The smallest absolute Gasteiger partial charge is 0.352 e. The van der Waals surface area contributed by atoms with Crippen LogP contribution < -0.4 is 5.32 Å². The quantitative estimate of drug-likeness (QED) is 0.893. The molecule has 1 amide bonds. The predicted molar refractivity (Wildman–Crippen MR) is 67.2 cm³/mol. The second-order valence-corrected chi connectivity index (χ2v) is 5.87. The molecule has 1 atom stereocenters. The van der Waals surface area contributed by atoms with E-state index in [9.17, 15) is 18.7 Å². The Labute approximate surface area is 113 Å². The Hall–Kier alpha value is -1.08. The highest BCUT2D eigenvalue weighted by atomic mass is 32.1. The van der Waals surface area contributed by atoms with Gasteiger partial charge in [-0.2, -0.15) is 8.78 Å². The van der Waals surface area contributed by atoms with Gasteiger partial charge >= 0.3 is 5.92 Å². The third-order valence-electron chi connectivity index (χ3n) is 3.41. The van der Waals surface area contributed by atoms with Crippen LogP contribution in [0.4, 0.5) is 8.78 Å². The maximum Gasteiger partial charge on any atom is 0.352 e. The van der Waals surface area contributed by atoms with E-state index in [0.29, 0.717) is 11.4 Å². The summed E-state index contributed by atoms with van der Waals surface area (Å²) in [7, 11) is 0. The lowest BCUT2D eigenvalue weighted by molar-refractivity contribution is -0.216. The van der Waals surface area contributed by atoms with Crippen LogP contribution in [0.5, 0.6) is 0 Å². The van der Waals surface area contributed by atoms with Crippen molar-refractivity contribution in [2.45, 2.75) is 50.7 Å². The molecule has 2 rings (SSSR count). The highest BCUT2D eigenvalue weighted by molar-refractivity contribution is 7.09. The Bertz CT molecular complexity index is 486. The Kier molecular flexibility index (Phi) is 3.61. The fourth-order valence-corrected chi connectivity index (χ4v) is 2.76. The van der Waals surface area contributed by atoms with E-state index in [-0.39, 0.29) is 12.8 Å². The van der Waals surface area contributed by atoms with Crippen LogP contribution in [-0.2, 0) is 4.79 Å². The van der Waals surface area contributed by atoms with Gasteiger partial charge in [-0.05, 0) is 33.1 Å². The van der Waals surface area contributed by atoms with Crippen molar-refractivity contribution >= 4 is 17.2 Å². The van der Waals surface area contributed by atoms with E-state index in [1.165, 1.54) is 11.3 Å². The van der Waals surface area contributed by atoms with Gasteiger partial charge in [-0.1, -0.05) is 0 Å². The van der Waals surface area contributed by atoms with Crippen LogP contribution in [-0.4, -0.2) is 27.5 Å². The van der Waals surface area contributed by atoms with Crippen LogP contribution in [0, 0.1) is 6.92 Å². The number of hydrogen-bond acceptors (Lipinski definition) is 4. The third-order valence-corrected chi connectivity index (χ3v) is 4.55. The van der Waals surface area contributed by atoms with Gasteiger partial charge in [0.2, 0.25) is 0 Å². The molecule has 1 heterocycles. The first-order valence-electron chi connectivity index (χ1n) is 6.09. The van der Waals surface area contributed by atoms with Crippen LogP contribution in [0.1, 0.15) is 42.9 Å². The molecule has 0 spiro atoms. The number of hydrogen-bond donors (Lipinski definition) is 2. The lowest BCUT2D eigenvalue weighted by Crippen LogP contribution is -2.60. The minimum absolute atomic E-state index is 0.0435. The number of rotatable bonds is 4. The standard InChI is InChI=1S/C12H16F2N2O2S/c1-7-6-19-9(15-7)8(2)16-10(17)12(13,14)11(18)4-3-5-11/h6,8,18H,3-5H2,1-2H3,(H,16,17). The fraction of sp³-hybridized carbons (Fsp3) is 0.667. The number of carbonyl (C=O) groups is 1. The summed E-state index contributed by atoms with van der Waals surface area (Å²) in [6, 6.07) is -0.597. The molecule has 4 nitrogen and oxygen atoms in total. The molecule has 0 aromatic carbocycles. The van der Waals surface area contributed by atoms with E-state index in [2.05, 4.69) is 10.3 Å². The Morgan fingerprint density at radius 3 is 2.68 bits per heavy atom. The largest absolute Gasteiger partial charge is 0.383 e. The summed E-state index contributed by atoms with van der Waals surface area (Å²) in [5.41, 5.74) is -1.40. The summed E-state index contributed by atoms with van der Waals surface area (Å²) >= 11 is 1.30. The zero-order chi connectivity index (χ0) is 14.3. The summed E-state index contributed by atoms with van der Waals surface area (Å²) in [6.07, 6.45) is 0.428. The van der Waals surface area contributed by atoms with Gasteiger partial charge in [0, 0.05) is 11.1 Å². The molecule has 0 radical (unpaired) electrons. The van der Waals surface area contributed by atoms with E-state index < -0.39 is 23.5 Å². The van der Waals surface area contributed by atoms with Crippen LogP contribution >= 0.6 is 11.3 Å². The molecule has 1 aliphatic rings. The predicted octanol–water partition coefficient (Wildman–Crippen LogP) is 2.18. The molecule has 106 valence electrons. The molecule has 1 aromatic heterocycles. The number of aryl methyl sites for hydroxylation is 1. The first-order chi connectivity index (χ1) is 8.76. The summed E-state index contributed by atoms with van der Waals surface area (Å²) in [6.45, 7) is 3.39. The molecule has 7 heteroatoms. The number of nitrogens with zero attached hydrogens (tertiary/aromatic N) is 1. The molecule has 1 unspecified atom stereocenters. The molecule has 1 fully saturated rings. The number of halogens is 2. The first kappa shape index (κ1) is 14.3. The van der Waals surface area contributed by atoms with E-state index >= 15 is 0 Å². The number of aliphatic hydroxyl groups is 1. The van der Waals surface area contributed by atoms with Crippen molar-refractivity contribution in [2.75, 3.05) is 0 Å². The van der Waals surface area contributed by atoms with Crippen LogP contribution in [0.2, 0.25) is 0 Å². The number of amides is 1. The van der Waals surface area contributed by atoms with Crippen LogP contribution in [0.15, 0.2) is 5.38 Å².